The van der Waals surface area contributed by atoms with Crippen molar-refractivity contribution in [1.82, 2.24) is 4.98 Å². The Bertz CT molecular complexity index is 276. The zero-order valence-electron chi connectivity index (χ0n) is 9.28. The van der Waals surface area contributed by atoms with Gasteiger partial charge in [0.15, 0.2) is 0 Å². The number of hydrogen-bond donors (Lipinski definition) is 1. The van der Waals surface area contributed by atoms with Crippen LogP contribution in [-0.4, -0.2) is 16.7 Å². The summed E-state index contributed by atoms with van der Waals surface area (Å²) in [5.41, 5.74) is 0.757. The molecule has 0 bridgehead atoms. The van der Waals surface area contributed by atoms with Crippen LogP contribution in [0.5, 0.6) is 5.88 Å². The first-order valence-electron chi connectivity index (χ1n) is 5.56. The van der Waals surface area contributed by atoms with E-state index in [4.69, 9.17) is 9.84 Å². The first kappa shape index (κ1) is 12.0. The number of ether oxygens (including phenoxy) is 1. The minimum absolute atomic E-state index is 0.0157. The molecule has 0 aliphatic rings. The van der Waals surface area contributed by atoms with Gasteiger partial charge in [-0.3, -0.25) is 0 Å². The van der Waals surface area contributed by atoms with E-state index in [9.17, 15) is 0 Å². The zero-order chi connectivity index (χ0) is 10.9. The van der Waals surface area contributed by atoms with Gasteiger partial charge in [-0.1, -0.05) is 26.2 Å². The average Bonchev–Trinajstić information content (AvgIpc) is 2.29. The molecule has 0 atom stereocenters. The van der Waals surface area contributed by atoms with E-state index in [1.54, 1.807) is 12.3 Å². The zero-order valence-corrected chi connectivity index (χ0v) is 9.28. The van der Waals surface area contributed by atoms with Crippen molar-refractivity contribution < 1.29 is 9.84 Å². The van der Waals surface area contributed by atoms with E-state index >= 15 is 0 Å². The normalized spacial score (nSPS) is 10.3. The molecule has 0 spiro atoms. The number of pyridine rings is 1. The summed E-state index contributed by atoms with van der Waals surface area (Å²) in [5, 5.41) is 9.04. The molecule has 0 aliphatic heterocycles. The first-order valence-corrected chi connectivity index (χ1v) is 5.56. The highest BCUT2D eigenvalue weighted by atomic mass is 16.5. The van der Waals surface area contributed by atoms with E-state index in [1.807, 2.05) is 6.07 Å². The number of rotatable bonds is 7. The number of unbranched alkanes of at least 4 members (excludes halogenated alkanes) is 3. The molecule has 3 nitrogen and oxygen atoms in total. The standard InChI is InChI=1S/C12H19NO2/c1-2-3-4-5-9-15-12-11(10-14)7-6-8-13-12/h6-8,14H,2-5,9-10H2,1H3. The molecule has 0 radical (unpaired) electrons. The van der Waals surface area contributed by atoms with Crippen LogP contribution >= 0.6 is 0 Å². The number of nitrogens with zero attached hydrogens (tertiary/aromatic N) is 1. The second kappa shape index (κ2) is 7.23. The van der Waals surface area contributed by atoms with E-state index in [0.29, 0.717) is 12.5 Å². The lowest BCUT2D eigenvalue weighted by atomic mass is 10.2. The maximum Gasteiger partial charge on any atom is 0.218 e. The fourth-order valence-corrected chi connectivity index (χ4v) is 1.37. The average molecular weight is 209 g/mol. The highest BCUT2D eigenvalue weighted by Crippen LogP contribution is 2.14. The van der Waals surface area contributed by atoms with Crippen molar-refractivity contribution in [2.24, 2.45) is 0 Å². The molecule has 1 aromatic rings. The highest BCUT2D eigenvalue weighted by Gasteiger charge is 2.02. The smallest absolute Gasteiger partial charge is 0.218 e. The molecule has 0 fully saturated rings. The molecule has 0 saturated carbocycles. The van der Waals surface area contributed by atoms with Crippen molar-refractivity contribution in [2.45, 2.75) is 39.2 Å². The molecule has 0 saturated heterocycles. The van der Waals surface area contributed by atoms with E-state index in [-0.39, 0.29) is 6.61 Å². The molecule has 1 heterocycles. The van der Waals surface area contributed by atoms with Gasteiger partial charge in [0.2, 0.25) is 5.88 Å². The predicted octanol–water partition coefficient (Wildman–Crippen LogP) is 2.53. The monoisotopic (exact) mass is 209 g/mol. The third kappa shape index (κ3) is 4.30. The van der Waals surface area contributed by atoms with Crippen LogP contribution in [0.2, 0.25) is 0 Å². The lowest BCUT2D eigenvalue weighted by Crippen LogP contribution is -2.02. The fraction of sp³-hybridized carbons (Fsp3) is 0.583. The third-order valence-electron chi connectivity index (χ3n) is 2.26. The molecule has 0 aliphatic carbocycles. The fourth-order valence-electron chi connectivity index (χ4n) is 1.37. The van der Waals surface area contributed by atoms with Crippen LogP contribution in [0.15, 0.2) is 18.3 Å². The molecule has 0 amide bonds. The van der Waals surface area contributed by atoms with Crippen molar-refractivity contribution in [3.05, 3.63) is 23.9 Å². The Kier molecular flexibility index (Phi) is 5.78. The molecule has 1 aromatic heterocycles. The molecule has 1 rings (SSSR count). The predicted molar refractivity (Wildman–Crippen MR) is 59.8 cm³/mol. The van der Waals surface area contributed by atoms with Crippen LogP contribution in [0, 0.1) is 0 Å². The van der Waals surface area contributed by atoms with Crippen LogP contribution in [-0.2, 0) is 6.61 Å². The topological polar surface area (TPSA) is 42.4 Å². The van der Waals surface area contributed by atoms with Gasteiger partial charge in [-0.15, -0.1) is 0 Å². The van der Waals surface area contributed by atoms with Crippen molar-refractivity contribution in [3.63, 3.8) is 0 Å². The quantitative estimate of drug-likeness (QED) is 0.702. The van der Waals surface area contributed by atoms with Crippen LogP contribution in [0.1, 0.15) is 38.2 Å². The minimum Gasteiger partial charge on any atom is -0.477 e. The van der Waals surface area contributed by atoms with Crippen LogP contribution < -0.4 is 4.74 Å². The SMILES string of the molecule is CCCCCCOc1ncccc1CO. The number of hydrogen-bond acceptors (Lipinski definition) is 3. The Morgan fingerprint density at radius 1 is 1.33 bits per heavy atom. The van der Waals surface area contributed by atoms with Gasteiger partial charge in [-0.25, -0.2) is 4.98 Å². The summed E-state index contributed by atoms with van der Waals surface area (Å²) in [5.74, 6) is 0.566. The molecule has 0 unspecified atom stereocenters. The molecule has 3 heteroatoms. The summed E-state index contributed by atoms with van der Waals surface area (Å²) in [6, 6.07) is 3.63. The van der Waals surface area contributed by atoms with Gasteiger partial charge >= 0.3 is 0 Å². The van der Waals surface area contributed by atoms with Gasteiger partial charge in [0.25, 0.3) is 0 Å². The summed E-state index contributed by atoms with van der Waals surface area (Å²) in [6.45, 7) is 2.85. The first-order chi connectivity index (χ1) is 7.38. The number of aliphatic hydroxyl groups excluding tert-OH is 1. The molecule has 84 valence electrons. The van der Waals surface area contributed by atoms with E-state index in [2.05, 4.69) is 11.9 Å². The second-order valence-electron chi connectivity index (χ2n) is 3.53. The van der Waals surface area contributed by atoms with E-state index in [1.165, 1.54) is 19.3 Å². The lowest BCUT2D eigenvalue weighted by Gasteiger charge is -2.07. The third-order valence-corrected chi connectivity index (χ3v) is 2.26. The Morgan fingerprint density at radius 3 is 2.93 bits per heavy atom. The lowest BCUT2D eigenvalue weighted by molar-refractivity contribution is 0.254. The molecule has 0 aromatic carbocycles. The molecular formula is C12H19NO2. The number of aliphatic hydroxyl groups is 1. The van der Waals surface area contributed by atoms with Crippen LogP contribution in [0.4, 0.5) is 0 Å². The largest absolute Gasteiger partial charge is 0.477 e. The van der Waals surface area contributed by atoms with Crippen LogP contribution in [0.25, 0.3) is 0 Å². The number of aromatic nitrogens is 1. The molecular weight excluding hydrogens is 190 g/mol. The van der Waals surface area contributed by atoms with Gasteiger partial charge in [-0.05, 0) is 18.6 Å². The summed E-state index contributed by atoms with van der Waals surface area (Å²) >= 11 is 0. The summed E-state index contributed by atoms with van der Waals surface area (Å²) in [7, 11) is 0. The Morgan fingerprint density at radius 2 is 2.20 bits per heavy atom. The van der Waals surface area contributed by atoms with E-state index in [0.717, 1.165) is 12.0 Å². The van der Waals surface area contributed by atoms with Crippen molar-refractivity contribution in [3.8, 4) is 5.88 Å². The van der Waals surface area contributed by atoms with Gasteiger partial charge in [0.1, 0.15) is 0 Å². The van der Waals surface area contributed by atoms with Gasteiger partial charge in [0, 0.05) is 11.8 Å². The van der Waals surface area contributed by atoms with E-state index < -0.39 is 0 Å². The van der Waals surface area contributed by atoms with Crippen LogP contribution in [0.3, 0.4) is 0 Å². The van der Waals surface area contributed by atoms with Crippen molar-refractivity contribution in [1.29, 1.82) is 0 Å². The van der Waals surface area contributed by atoms with Gasteiger partial charge in [-0.2, -0.15) is 0 Å². The highest BCUT2D eigenvalue weighted by molar-refractivity contribution is 5.24. The van der Waals surface area contributed by atoms with Gasteiger partial charge < -0.3 is 9.84 Å². The maximum absolute atomic E-state index is 9.04. The Hall–Kier alpha value is -1.09. The maximum atomic E-state index is 9.04. The summed E-state index contributed by atoms with van der Waals surface area (Å²) in [6.07, 6.45) is 6.40. The summed E-state index contributed by atoms with van der Waals surface area (Å²) < 4.78 is 5.50. The molecule has 15 heavy (non-hydrogen) atoms. The molecule has 1 N–H and O–H groups in total. The summed E-state index contributed by atoms with van der Waals surface area (Å²) in [4.78, 5) is 4.09. The van der Waals surface area contributed by atoms with Gasteiger partial charge in [0.05, 0.1) is 13.2 Å². The Balaban J connectivity index is 2.30. The Labute approximate surface area is 91.1 Å². The second-order valence-corrected chi connectivity index (χ2v) is 3.53. The minimum atomic E-state index is -0.0157. The van der Waals surface area contributed by atoms with Crippen molar-refractivity contribution in [2.75, 3.05) is 6.61 Å². The van der Waals surface area contributed by atoms with Crippen molar-refractivity contribution >= 4 is 0 Å².